The van der Waals surface area contributed by atoms with Crippen molar-refractivity contribution in [2.75, 3.05) is 0 Å². The summed E-state index contributed by atoms with van der Waals surface area (Å²) in [5, 5.41) is 18.0. The third-order valence-corrected chi connectivity index (χ3v) is 2.97. The van der Waals surface area contributed by atoms with Gasteiger partial charge in [0.15, 0.2) is 0 Å². The summed E-state index contributed by atoms with van der Waals surface area (Å²) in [7, 11) is 0. The van der Waals surface area contributed by atoms with E-state index in [1.54, 1.807) is 12.3 Å². The van der Waals surface area contributed by atoms with Gasteiger partial charge in [-0.05, 0) is 39.3 Å². The zero-order valence-electron chi connectivity index (χ0n) is 10.4. The Morgan fingerprint density at radius 3 is 2.35 bits per heavy atom. The Bertz CT molecular complexity index is 453. The minimum atomic E-state index is -0.671. The average Bonchev–Trinajstić information content (AvgIpc) is 2.82. The summed E-state index contributed by atoms with van der Waals surface area (Å²) in [6.45, 7) is 6.08. The Kier molecular flexibility index (Phi) is 4.55. The summed E-state index contributed by atoms with van der Waals surface area (Å²) in [6.07, 6.45) is 2.26. The maximum atomic E-state index is 9.02. The van der Waals surface area contributed by atoms with E-state index in [0.29, 0.717) is 12.2 Å². The Hall–Kier alpha value is -2.00. The van der Waals surface area contributed by atoms with Crippen molar-refractivity contribution in [2.45, 2.75) is 33.1 Å². The molecule has 3 nitrogen and oxygen atoms in total. The molecule has 1 heterocycles. The quantitative estimate of drug-likeness (QED) is 0.737. The molecule has 0 radical (unpaired) electrons. The van der Waals surface area contributed by atoms with E-state index in [1.807, 2.05) is 39.0 Å². The highest BCUT2D eigenvalue weighted by molar-refractivity contribution is 5.21. The first-order valence-corrected chi connectivity index (χ1v) is 5.55. The van der Waals surface area contributed by atoms with Gasteiger partial charge in [0.2, 0.25) is 0 Å². The van der Waals surface area contributed by atoms with Crippen LogP contribution < -0.4 is 0 Å². The normalized spacial score (nSPS) is 11.6. The number of nitrogens with zero attached hydrogens (tertiary/aromatic N) is 2. The fourth-order valence-electron chi connectivity index (χ4n) is 1.63. The number of nitriles is 2. The fraction of sp³-hybridized carbons (Fsp3) is 0.429. The molecule has 0 aromatic carbocycles. The van der Waals surface area contributed by atoms with Crippen LogP contribution in [0.3, 0.4) is 0 Å². The maximum Gasteiger partial charge on any atom is 0.143 e. The van der Waals surface area contributed by atoms with Crippen molar-refractivity contribution in [3.8, 4) is 12.1 Å². The molecular weight excluding hydrogens is 212 g/mol. The summed E-state index contributed by atoms with van der Waals surface area (Å²) < 4.78 is 5.34. The molecule has 17 heavy (non-hydrogen) atoms. The van der Waals surface area contributed by atoms with E-state index >= 15 is 0 Å². The van der Waals surface area contributed by atoms with Gasteiger partial charge in [0.05, 0.1) is 18.4 Å². The average molecular weight is 228 g/mol. The van der Waals surface area contributed by atoms with Gasteiger partial charge in [0.25, 0.3) is 0 Å². The predicted molar refractivity (Wildman–Crippen MR) is 64.8 cm³/mol. The lowest BCUT2D eigenvalue weighted by atomic mass is 9.86. The minimum Gasteiger partial charge on any atom is -0.469 e. The van der Waals surface area contributed by atoms with Crippen LogP contribution in [0.2, 0.25) is 0 Å². The van der Waals surface area contributed by atoms with Crippen molar-refractivity contribution in [2.24, 2.45) is 5.92 Å². The van der Waals surface area contributed by atoms with Gasteiger partial charge in [0, 0.05) is 5.92 Å². The molecule has 1 atom stereocenters. The van der Waals surface area contributed by atoms with E-state index < -0.39 is 5.92 Å². The van der Waals surface area contributed by atoms with Crippen LogP contribution in [-0.4, -0.2) is 0 Å². The van der Waals surface area contributed by atoms with Crippen LogP contribution in [0.4, 0.5) is 0 Å². The largest absolute Gasteiger partial charge is 0.469 e. The second-order valence-corrected chi connectivity index (χ2v) is 4.34. The van der Waals surface area contributed by atoms with E-state index in [9.17, 15) is 0 Å². The summed E-state index contributed by atoms with van der Waals surface area (Å²) in [5.41, 5.74) is 2.41. The van der Waals surface area contributed by atoms with Crippen LogP contribution in [0.15, 0.2) is 34.0 Å². The summed E-state index contributed by atoms with van der Waals surface area (Å²) in [6, 6.07) is 7.69. The first kappa shape index (κ1) is 13.1. The highest BCUT2D eigenvalue weighted by atomic mass is 16.3. The number of rotatable bonds is 4. The Labute approximate surface area is 102 Å². The van der Waals surface area contributed by atoms with Gasteiger partial charge < -0.3 is 4.42 Å². The number of furan rings is 1. The van der Waals surface area contributed by atoms with Crippen LogP contribution >= 0.6 is 0 Å². The molecule has 0 spiro atoms. The molecule has 0 saturated carbocycles. The lowest BCUT2D eigenvalue weighted by molar-refractivity contribution is 0.434. The molecule has 1 aromatic heterocycles. The zero-order valence-corrected chi connectivity index (χ0v) is 10.4. The summed E-state index contributed by atoms with van der Waals surface area (Å²) in [5.74, 6) is -0.149. The fourth-order valence-corrected chi connectivity index (χ4v) is 1.63. The van der Waals surface area contributed by atoms with Crippen molar-refractivity contribution >= 4 is 0 Å². The molecule has 0 N–H and O–H groups in total. The van der Waals surface area contributed by atoms with Crippen molar-refractivity contribution in [1.82, 2.24) is 0 Å². The van der Waals surface area contributed by atoms with Gasteiger partial charge in [-0.25, -0.2) is 0 Å². The van der Waals surface area contributed by atoms with Gasteiger partial charge in [-0.3, -0.25) is 0 Å². The highest BCUT2D eigenvalue weighted by Gasteiger charge is 2.25. The van der Waals surface area contributed by atoms with E-state index in [4.69, 9.17) is 14.9 Å². The molecule has 0 unspecified atom stereocenters. The molecule has 0 aliphatic carbocycles. The van der Waals surface area contributed by atoms with Crippen LogP contribution in [-0.2, 0) is 0 Å². The molecule has 0 amide bonds. The van der Waals surface area contributed by atoms with E-state index in [1.165, 1.54) is 11.1 Å². The molecule has 0 saturated heterocycles. The molecule has 0 fully saturated rings. The van der Waals surface area contributed by atoms with E-state index in [-0.39, 0.29) is 5.92 Å². The number of hydrogen-bond donors (Lipinski definition) is 0. The molecule has 88 valence electrons. The zero-order chi connectivity index (χ0) is 12.8. The lowest BCUT2D eigenvalue weighted by Crippen LogP contribution is -2.10. The van der Waals surface area contributed by atoms with Gasteiger partial charge >= 0.3 is 0 Å². The lowest BCUT2D eigenvalue weighted by Gasteiger charge is -2.16. The van der Waals surface area contributed by atoms with Gasteiger partial charge in [-0.1, -0.05) is 11.1 Å². The first-order chi connectivity index (χ1) is 8.10. The predicted octanol–water partition coefficient (Wildman–Crippen LogP) is 3.77. The summed E-state index contributed by atoms with van der Waals surface area (Å²) in [4.78, 5) is 0. The molecular formula is C14H16N2O. The van der Waals surface area contributed by atoms with Crippen LogP contribution in [0.25, 0.3) is 0 Å². The summed E-state index contributed by atoms with van der Waals surface area (Å²) >= 11 is 0. The van der Waals surface area contributed by atoms with Crippen LogP contribution in [0, 0.1) is 28.6 Å². The Morgan fingerprint density at radius 2 is 1.94 bits per heavy atom. The Morgan fingerprint density at radius 1 is 1.29 bits per heavy atom. The van der Waals surface area contributed by atoms with Crippen LogP contribution in [0.5, 0.6) is 0 Å². The third-order valence-electron chi connectivity index (χ3n) is 2.97. The van der Waals surface area contributed by atoms with Crippen LogP contribution in [0.1, 0.15) is 38.9 Å². The standard InChI is InChI=1S/C14H16N2O/c1-10(2)11(3)7-13(12(8-15)9-16)14-5-4-6-17-14/h4-6,12-13H,7H2,1-3H3/t13-/m0/s1. The SMILES string of the molecule is CC(C)=C(C)C[C@H](c1ccco1)C(C#N)C#N. The monoisotopic (exact) mass is 228 g/mol. The molecule has 0 aliphatic rings. The Balaban J connectivity index is 3.02. The molecule has 0 aliphatic heterocycles. The van der Waals surface area contributed by atoms with Gasteiger partial charge in [-0.15, -0.1) is 0 Å². The van der Waals surface area contributed by atoms with Crippen molar-refractivity contribution in [3.63, 3.8) is 0 Å². The molecule has 1 rings (SSSR count). The van der Waals surface area contributed by atoms with Gasteiger partial charge in [0.1, 0.15) is 11.7 Å². The maximum absolute atomic E-state index is 9.02. The number of allylic oxidation sites excluding steroid dienone is 2. The smallest absolute Gasteiger partial charge is 0.143 e. The number of hydrogen-bond acceptors (Lipinski definition) is 3. The highest BCUT2D eigenvalue weighted by Crippen LogP contribution is 2.31. The molecule has 1 aromatic rings. The van der Waals surface area contributed by atoms with E-state index in [0.717, 1.165) is 0 Å². The molecule has 3 heteroatoms. The topological polar surface area (TPSA) is 60.7 Å². The first-order valence-electron chi connectivity index (χ1n) is 5.55. The van der Waals surface area contributed by atoms with Crippen molar-refractivity contribution in [3.05, 3.63) is 35.3 Å². The van der Waals surface area contributed by atoms with E-state index in [2.05, 4.69) is 0 Å². The third kappa shape index (κ3) is 3.23. The van der Waals surface area contributed by atoms with Gasteiger partial charge in [-0.2, -0.15) is 10.5 Å². The second kappa shape index (κ2) is 5.92. The van der Waals surface area contributed by atoms with Crippen molar-refractivity contribution in [1.29, 1.82) is 10.5 Å². The minimum absolute atomic E-state index is 0.185. The second-order valence-electron chi connectivity index (χ2n) is 4.34. The molecule has 0 bridgehead atoms. The van der Waals surface area contributed by atoms with Crippen molar-refractivity contribution < 1.29 is 4.42 Å².